The number of hydrogen-bond donors (Lipinski definition) is 2. The van der Waals surface area contributed by atoms with Gasteiger partial charge in [0.05, 0.1) is 17.7 Å². The number of hydrogen-bond acceptors (Lipinski definition) is 3. The van der Waals surface area contributed by atoms with Gasteiger partial charge in [0.2, 0.25) is 0 Å². The van der Waals surface area contributed by atoms with Gasteiger partial charge in [-0.2, -0.15) is 0 Å². The van der Waals surface area contributed by atoms with Crippen molar-refractivity contribution < 1.29 is 19.0 Å². The van der Waals surface area contributed by atoms with Crippen LogP contribution >= 0.6 is 0 Å². The van der Waals surface area contributed by atoms with Crippen LogP contribution in [0, 0.1) is 5.82 Å². The summed E-state index contributed by atoms with van der Waals surface area (Å²) in [5, 5.41) is 11.8. The summed E-state index contributed by atoms with van der Waals surface area (Å²) >= 11 is 0. The summed E-state index contributed by atoms with van der Waals surface area (Å²) in [7, 11) is 0. The van der Waals surface area contributed by atoms with E-state index >= 15 is 0 Å². The van der Waals surface area contributed by atoms with E-state index in [9.17, 15) is 9.18 Å². The predicted octanol–water partition coefficient (Wildman–Crippen LogP) is 2.11. The van der Waals surface area contributed by atoms with Gasteiger partial charge in [0, 0.05) is 12.3 Å². The molecule has 0 aromatic heterocycles. The van der Waals surface area contributed by atoms with Gasteiger partial charge in [-0.3, -0.25) is 0 Å². The molecule has 0 spiro atoms. The van der Waals surface area contributed by atoms with Crippen molar-refractivity contribution in [3.05, 3.63) is 29.6 Å². The lowest BCUT2D eigenvalue weighted by atomic mass is 10.1. The average molecular weight is 239 g/mol. The van der Waals surface area contributed by atoms with Crippen molar-refractivity contribution in [2.24, 2.45) is 0 Å². The molecule has 0 aliphatic carbocycles. The Bertz CT molecular complexity index is 436. The number of anilines is 1. The number of ether oxygens (including phenoxy) is 1. The molecule has 1 aliphatic rings. The quantitative estimate of drug-likeness (QED) is 0.848. The normalized spacial score (nSPS) is 23.6. The van der Waals surface area contributed by atoms with Gasteiger partial charge in [-0.15, -0.1) is 0 Å². The van der Waals surface area contributed by atoms with E-state index in [1.807, 2.05) is 6.92 Å². The number of carboxylic acids is 1. The fourth-order valence-electron chi connectivity index (χ4n) is 1.91. The van der Waals surface area contributed by atoms with E-state index < -0.39 is 11.8 Å². The fourth-order valence-corrected chi connectivity index (χ4v) is 1.91. The Kier molecular flexibility index (Phi) is 3.28. The molecule has 2 N–H and O–H groups in total. The molecule has 92 valence electrons. The lowest BCUT2D eigenvalue weighted by Gasteiger charge is -2.17. The number of rotatable bonds is 3. The maximum Gasteiger partial charge on any atom is 0.338 e. The summed E-state index contributed by atoms with van der Waals surface area (Å²) in [6.07, 6.45) is 0.945. The van der Waals surface area contributed by atoms with Crippen LogP contribution in [0.25, 0.3) is 0 Å². The van der Waals surface area contributed by atoms with Crippen LogP contribution in [0.4, 0.5) is 10.1 Å². The highest BCUT2D eigenvalue weighted by atomic mass is 19.1. The molecule has 0 amide bonds. The van der Waals surface area contributed by atoms with E-state index in [4.69, 9.17) is 9.84 Å². The Morgan fingerprint density at radius 2 is 2.35 bits per heavy atom. The van der Waals surface area contributed by atoms with Gasteiger partial charge in [0.1, 0.15) is 5.82 Å². The molecule has 1 aliphatic heterocycles. The summed E-state index contributed by atoms with van der Waals surface area (Å²) in [4.78, 5) is 10.6. The van der Waals surface area contributed by atoms with Crippen LogP contribution in [0.15, 0.2) is 18.2 Å². The van der Waals surface area contributed by atoms with Crippen LogP contribution in [-0.2, 0) is 4.74 Å². The van der Waals surface area contributed by atoms with Crippen molar-refractivity contribution in [2.45, 2.75) is 25.5 Å². The monoisotopic (exact) mass is 239 g/mol. The van der Waals surface area contributed by atoms with Crippen molar-refractivity contribution in [3.8, 4) is 0 Å². The second kappa shape index (κ2) is 4.71. The summed E-state index contributed by atoms with van der Waals surface area (Å²) < 4.78 is 18.8. The van der Waals surface area contributed by atoms with Gasteiger partial charge in [-0.25, -0.2) is 9.18 Å². The first kappa shape index (κ1) is 11.9. The molecule has 1 saturated heterocycles. The molecule has 0 bridgehead atoms. The first-order valence-corrected chi connectivity index (χ1v) is 5.49. The van der Waals surface area contributed by atoms with Gasteiger partial charge < -0.3 is 15.2 Å². The molecule has 5 heteroatoms. The minimum absolute atomic E-state index is 0.0808. The van der Waals surface area contributed by atoms with E-state index in [0.29, 0.717) is 12.3 Å². The van der Waals surface area contributed by atoms with Gasteiger partial charge in [0.15, 0.2) is 0 Å². The third kappa shape index (κ3) is 2.55. The lowest BCUT2D eigenvalue weighted by Crippen LogP contribution is -2.26. The fraction of sp³-hybridized carbons (Fsp3) is 0.417. The van der Waals surface area contributed by atoms with E-state index in [0.717, 1.165) is 6.42 Å². The zero-order valence-electron chi connectivity index (χ0n) is 9.44. The first-order chi connectivity index (χ1) is 8.08. The number of aromatic carboxylic acids is 1. The van der Waals surface area contributed by atoms with Crippen LogP contribution in [0.1, 0.15) is 23.7 Å². The Morgan fingerprint density at radius 3 is 2.88 bits per heavy atom. The van der Waals surface area contributed by atoms with Crippen molar-refractivity contribution in [1.29, 1.82) is 0 Å². The molecule has 2 atom stereocenters. The topological polar surface area (TPSA) is 58.6 Å². The van der Waals surface area contributed by atoms with E-state index in [1.165, 1.54) is 12.1 Å². The highest BCUT2D eigenvalue weighted by molar-refractivity contribution is 5.88. The smallest absolute Gasteiger partial charge is 0.338 e. The summed E-state index contributed by atoms with van der Waals surface area (Å²) in [5.41, 5.74) is 0.265. The Morgan fingerprint density at radius 1 is 1.59 bits per heavy atom. The van der Waals surface area contributed by atoms with Crippen molar-refractivity contribution in [2.75, 3.05) is 11.9 Å². The van der Waals surface area contributed by atoms with Gasteiger partial charge in [0.25, 0.3) is 0 Å². The third-order valence-electron chi connectivity index (χ3n) is 2.93. The van der Waals surface area contributed by atoms with Crippen LogP contribution in [0.3, 0.4) is 0 Å². The summed E-state index contributed by atoms with van der Waals surface area (Å²) in [6, 6.07) is 4.18. The molecule has 1 fully saturated rings. The zero-order valence-corrected chi connectivity index (χ0v) is 9.44. The van der Waals surface area contributed by atoms with Crippen LogP contribution < -0.4 is 5.32 Å². The first-order valence-electron chi connectivity index (χ1n) is 5.49. The maximum absolute atomic E-state index is 13.4. The van der Waals surface area contributed by atoms with Gasteiger partial charge in [-0.1, -0.05) is 0 Å². The molecule has 1 aromatic carbocycles. The van der Waals surface area contributed by atoms with E-state index in [2.05, 4.69) is 5.32 Å². The molecule has 0 radical (unpaired) electrons. The molecule has 2 unspecified atom stereocenters. The minimum Gasteiger partial charge on any atom is -0.478 e. The lowest BCUT2D eigenvalue weighted by molar-refractivity contribution is 0.0692. The second-order valence-corrected chi connectivity index (χ2v) is 4.12. The van der Waals surface area contributed by atoms with Crippen molar-refractivity contribution in [3.63, 3.8) is 0 Å². The molecule has 1 aromatic rings. The van der Waals surface area contributed by atoms with Crippen LogP contribution in [0.2, 0.25) is 0 Å². The number of benzene rings is 1. The van der Waals surface area contributed by atoms with Crippen molar-refractivity contribution >= 4 is 11.7 Å². The average Bonchev–Trinajstić information content (AvgIpc) is 2.64. The number of nitrogens with one attached hydrogen (secondary N) is 1. The molecule has 1 heterocycles. The second-order valence-electron chi connectivity index (χ2n) is 4.12. The Labute approximate surface area is 98.4 Å². The summed E-state index contributed by atoms with van der Waals surface area (Å²) in [5.74, 6) is -1.99. The Balaban J connectivity index is 2.12. The minimum atomic E-state index is -1.26. The van der Waals surface area contributed by atoms with Crippen LogP contribution in [-0.4, -0.2) is 29.8 Å². The highest BCUT2D eigenvalue weighted by Crippen LogP contribution is 2.20. The summed E-state index contributed by atoms with van der Waals surface area (Å²) in [6.45, 7) is 2.64. The molecule has 0 saturated carbocycles. The number of carboxylic acid groups (broad SMARTS) is 1. The van der Waals surface area contributed by atoms with Crippen LogP contribution in [0.5, 0.6) is 0 Å². The Hall–Kier alpha value is -1.62. The van der Waals surface area contributed by atoms with Gasteiger partial charge in [-0.05, 0) is 31.5 Å². The maximum atomic E-state index is 13.4. The highest BCUT2D eigenvalue weighted by Gasteiger charge is 2.24. The molecule has 2 rings (SSSR count). The molecule has 17 heavy (non-hydrogen) atoms. The largest absolute Gasteiger partial charge is 0.478 e. The number of halogens is 1. The SMILES string of the molecule is CC1OCCC1Nc1ccc(C(=O)O)c(F)c1. The third-order valence-corrected chi connectivity index (χ3v) is 2.93. The van der Waals surface area contributed by atoms with E-state index in [-0.39, 0.29) is 17.7 Å². The van der Waals surface area contributed by atoms with E-state index in [1.54, 1.807) is 6.07 Å². The van der Waals surface area contributed by atoms with Crippen molar-refractivity contribution in [1.82, 2.24) is 0 Å². The molecular weight excluding hydrogens is 225 g/mol. The number of carbonyl (C=O) groups is 1. The standard InChI is InChI=1S/C12H14FNO3/c1-7-11(4-5-17-7)14-8-2-3-9(12(15)16)10(13)6-8/h2-3,6-7,11,14H,4-5H2,1H3,(H,15,16). The van der Waals surface area contributed by atoms with Gasteiger partial charge >= 0.3 is 5.97 Å². The molecular formula is C12H14FNO3. The molecule has 4 nitrogen and oxygen atoms in total. The zero-order chi connectivity index (χ0) is 12.4. The predicted molar refractivity (Wildman–Crippen MR) is 60.8 cm³/mol.